The van der Waals surface area contributed by atoms with Gasteiger partial charge in [0.05, 0.1) is 7.11 Å². The van der Waals surface area contributed by atoms with E-state index in [4.69, 9.17) is 11.2 Å². The monoisotopic (exact) mass is 208 g/mol. The van der Waals surface area contributed by atoms with Gasteiger partial charge in [0.1, 0.15) is 5.75 Å². The van der Waals surface area contributed by atoms with Gasteiger partial charge >= 0.3 is 0 Å². The lowest BCUT2D eigenvalue weighted by molar-refractivity contribution is 0.416. The summed E-state index contributed by atoms with van der Waals surface area (Å²) in [6.45, 7) is 0. The summed E-state index contributed by atoms with van der Waals surface area (Å²) in [4.78, 5) is 0. The van der Waals surface area contributed by atoms with Gasteiger partial charge in [0, 0.05) is 11.1 Å². The molecule has 0 radical (unpaired) electrons. The standard InChI is InChI=1S/C15H12O/c1-3-12-9-10-15(16-2)14(11-12)13-7-5-4-6-8-13/h1,4-11H,2H3. The number of benzene rings is 2. The van der Waals surface area contributed by atoms with Gasteiger partial charge in [-0.15, -0.1) is 6.42 Å². The van der Waals surface area contributed by atoms with Crippen LogP contribution in [0.5, 0.6) is 5.75 Å². The summed E-state index contributed by atoms with van der Waals surface area (Å²) in [5.41, 5.74) is 3.00. The molecule has 0 N–H and O–H groups in total. The normalized spacial score (nSPS) is 9.50. The lowest BCUT2D eigenvalue weighted by atomic mass is 10.0. The van der Waals surface area contributed by atoms with Crippen molar-refractivity contribution in [1.29, 1.82) is 0 Å². The van der Waals surface area contributed by atoms with E-state index in [1.165, 1.54) is 0 Å². The van der Waals surface area contributed by atoms with Gasteiger partial charge < -0.3 is 4.74 Å². The smallest absolute Gasteiger partial charge is 0.126 e. The number of ether oxygens (including phenoxy) is 1. The summed E-state index contributed by atoms with van der Waals surface area (Å²) >= 11 is 0. The minimum Gasteiger partial charge on any atom is -0.496 e. The van der Waals surface area contributed by atoms with Gasteiger partial charge in [0.25, 0.3) is 0 Å². The maximum atomic E-state index is 5.40. The molecule has 1 heteroatoms. The van der Waals surface area contributed by atoms with Crippen molar-refractivity contribution in [2.45, 2.75) is 0 Å². The van der Waals surface area contributed by atoms with Gasteiger partial charge in [-0.25, -0.2) is 0 Å². The van der Waals surface area contributed by atoms with Gasteiger partial charge in [-0.3, -0.25) is 0 Å². The highest BCUT2D eigenvalue weighted by molar-refractivity contribution is 5.72. The van der Waals surface area contributed by atoms with Crippen LogP contribution in [0.1, 0.15) is 5.56 Å². The highest BCUT2D eigenvalue weighted by Gasteiger charge is 2.05. The Morgan fingerprint density at radius 3 is 2.44 bits per heavy atom. The second-order valence-electron chi connectivity index (χ2n) is 3.43. The summed E-state index contributed by atoms with van der Waals surface area (Å²) in [6.07, 6.45) is 5.40. The lowest BCUT2D eigenvalue weighted by Crippen LogP contribution is -1.88. The van der Waals surface area contributed by atoms with Crippen molar-refractivity contribution in [2.24, 2.45) is 0 Å². The molecule has 16 heavy (non-hydrogen) atoms. The second-order valence-corrected chi connectivity index (χ2v) is 3.43. The van der Waals surface area contributed by atoms with Crippen LogP contribution < -0.4 is 4.74 Å². The zero-order valence-electron chi connectivity index (χ0n) is 9.10. The van der Waals surface area contributed by atoms with Crippen LogP contribution in [0.15, 0.2) is 48.5 Å². The molecule has 2 aromatic rings. The molecule has 0 heterocycles. The SMILES string of the molecule is C#Cc1ccc(OC)c(-c2ccccc2)c1. The molecule has 0 atom stereocenters. The molecule has 0 fully saturated rings. The van der Waals surface area contributed by atoms with E-state index >= 15 is 0 Å². The van der Waals surface area contributed by atoms with Crippen molar-refractivity contribution < 1.29 is 4.74 Å². The minimum atomic E-state index is 0.838. The van der Waals surface area contributed by atoms with Crippen LogP contribution in [0.25, 0.3) is 11.1 Å². The third-order valence-electron chi connectivity index (χ3n) is 2.45. The summed E-state index contributed by atoms with van der Waals surface area (Å²) in [5, 5.41) is 0. The van der Waals surface area contributed by atoms with Crippen LogP contribution in [0.3, 0.4) is 0 Å². The van der Waals surface area contributed by atoms with Gasteiger partial charge in [0.2, 0.25) is 0 Å². The fourth-order valence-corrected chi connectivity index (χ4v) is 1.64. The summed E-state index contributed by atoms with van der Waals surface area (Å²) in [7, 11) is 1.66. The Hall–Kier alpha value is -2.20. The predicted molar refractivity (Wildman–Crippen MR) is 66.4 cm³/mol. The number of hydrogen-bond acceptors (Lipinski definition) is 1. The first-order chi connectivity index (χ1) is 7.85. The molecule has 0 aliphatic carbocycles. The number of methoxy groups -OCH3 is 1. The van der Waals surface area contributed by atoms with E-state index in [1.54, 1.807) is 7.11 Å². The zero-order chi connectivity index (χ0) is 11.4. The van der Waals surface area contributed by atoms with Crippen LogP contribution in [-0.4, -0.2) is 7.11 Å². The zero-order valence-corrected chi connectivity index (χ0v) is 9.10. The van der Waals surface area contributed by atoms with Crippen molar-refractivity contribution in [3.05, 3.63) is 54.1 Å². The third kappa shape index (κ3) is 1.92. The first-order valence-electron chi connectivity index (χ1n) is 5.05. The average molecular weight is 208 g/mol. The van der Waals surface area contributed by atoms with Crippen molar-refractivity contribution in [2.75, 3.05) is 7.11 Å². The molecule has 0 spiro atoms. The highest BCUT2D eigenvalue weighted by atomic mass is 16.5. The van der Waals surface area contributed by atoms with Crippen LogP contribution >= 0.6 is 0 Å². The first-order valence-corrected chi connectivity index (χ1v) is 5.05. The van der Waals surface area contributed by atoms with Crippen LogP contribution in [0.4, 0.5) is 0 Å². The van der Waals surface area contributed by atoms with Gasteiger partial charge in [-0.05, 0) is 23.8 Å². The van der Waals surface area contributed by atoms with Crippen molar-refractivity contribution in [3.63, 3.8) is 0 Å². The van der Waals surface area contributed by atoms with E-state index in [1.807, 2.05) is 48.5 Å². The molecule has 0 aliphatic rings. The van der Waals surface area contributed by atoms with Crippen LogP contribution in [0, 0.1) is 12.3 Å². The minimum absolute atomic E-state index is 0.838. The second kappa shape index (κ2) is 4.55. The molecule has 0 saturated carbocycles. The molecule has 0 amide bonds. The summed E-state index contributed by atoms with van der Waals surface area (Å²) in [5.74, 6) is 3.47. The molecule has 2 rings (SSSR count). The molecular formula is C15H12O. The first kappa shape index (κ1) is 10.3. The number of terminal acetylenes is 1. The molecule has 0 aliphatic heterocycles. The fraction of sp³-hybridized carbons (Fsp3) is 0.0667. The predicted octanol–water partition coefficient (Wildman–Crippen LogP) is 3.34. The molecule has 0 bridgehead atoms. The van der Waals surface area contributed by atoms with Gasteiger partial charge in [0.15, 0.2) is 0 Å². The summed E-state index contributed by atoms with van der Waals surface area (Å²) in [6, 6.07) is 15.8. The Morgan fingerprint density at radius 2 is 1.81 bits per heavy atom. The third-order valence-corrected chi connectivity index (χ3v) is 2.45. The van der Waals surface area contributed by atoms with E-state index in [9.17, 15) is 0 Å². The molecule has 78 valence electrons. The average Bonchev–Trinajstić information content (AvgIpc) is 2.39. The van der Waals surface area contributed by atoms with Crippen molar-refractivity contribution in [3.8, 4) is 29.2 Å². The molecule has 0 saturated heterocycles. The number of hydrogen-bond donors (Lipinski definition) is 0. The molecule has 2 aromatic carbocycles. The summed E-state index contributed by atoms with van der Waals surface area (Å²) < 4.78 is 5.33. The van der Waals surface area contributed by atoms with Gasteiger partial charge in [-0.2, -0.15) is 0 Å². The van der Waals surface area contributed by atoms with Gasteiger partial charge in [-0.1, -0.05) is 36.3 Å². The van der Waals surface area contributed by atoms with E-state index in [0.717, 1.165) is 22.4 Å². The Bertz CT molecular complexity index is 521. The van der Waals surface area contributed by atoms with E-state index in [-0.39, 0.29) is 0 Å². The van der Waals surface area contributed by atoms with Crippen molar-refractivity contribution in [1.82, 2.24) is 0 Å². The van der Waals surface area contributed by atoms with Crippen molar-refractivity contribution >= 4 is 0 Å². The molecule has 0 aromatic heterocycles. The van der Waals surface area contributed by atoms with Crippen LogP contribution in [-0.2, 0) is 0 Å². The van der Waals surface area contributed by atoms with E-state index in [0.29, 0.717) is 0 Å². The molecule has 1 nitrogen and oxygen atoms in total. The quantitative estimate of drug-likeness (QED) is 0.688. The Balaban J connectivity index is 2.59. The Kier molecular flexibility index (Phi) is 2.93. The Labute approximate surface area is 95.7 Å². The molecular weight excluding hydrogens is 196 g/mol. The fourth-order valence-electron chi connectivity index (χ4n) is 1.64. The molecule has 0 unspecified atom stereocenters. The Morgan fingerprint density at radius 1 is 1.06 bits per heavy atom. The number of rotatable bonds is 2. The largest absolute Gasteiger partial charge is 0.496 e. The van der Waals surface area contributed by atoms with E-state index in [2.05, 4.69) is 5.92 Å². The maximum absolute atomic E-state index is 5.40. The maximum Gasteiger partial charge on any atom is 0.126 e. The topological polar surface area (TPSA) is 9.23 Å². The lowest BCUT2D eigenvalue weighted by Gasteiger charge is -2.08. The highest BCUT2D eigenvalue weighted by Crippen LogP contribution is 2.30. The van der Waals surface area contributed by atoms with Crippen LogP contribution in [0.2, 0.25) is 0 Å². The van der Waals surface area contributed by atoms with E-state index < -0.39 is 0 Å².